The van der Waals surface area contributed by atoms with E-state index in [4.69, 9.17) is 0 Å². The van der Waals surface area contributed by atoms with Gasteiger partial charge < -0.3 is 10.6 Å². The van der Waals surface area contributed by atoms with Crippen molar-refractivity contribution in [2.45, 2.75) is 45.1 Å². The minimum Gasteiger partial charge on any atom is -0.356 e. The number of piperidine rings is 1. The molecule has 1 fully saturated rings. The second-order valence-electron chi connectivity index (χ2n) is 6.75. The number of hydrogen-bond acceptors (Lipinski definition) is 4. The number of aryl methyl sites for hydroxylation is 1. The first-order chi connectivity index (χ1) is 11.8. The second kappa shape index (κ2) is 8.83. The summed E-state index contributed by atoms with van der Waals surface area (Å²) in [6.07, 6.45) is 7.40. The van der Waals surface area contributed by atoms with E-state index < -0.39 is 0 Å². The molecule has 0 bridgehead atoms. The van der Waals surface area contributed by atoms with Gasteiger partial charge in [-0.15, -0.1) is 0 Å². The first-order valence-corrected chi connectivity index (χ1v) is 9.19. The van der Waals surface area contributed by atoms with Crippen LogP contribution in [0.4, 0.5) is 0 Å². The number of rotatable bonds is 7. The van der Waals surface area contributed by atoms with Crippen LogP contribution < -0.4 is 10.6 Å². The van der Waals surface area contributed by atoms with E-state index in [1.165, 1.54) is 43.5 Å². The van der Waals surface area contributed by atoms with Gasteiger partial charge in [-0.05, 0) is 56.3 Å². The minimum atomic E-state index is -0.0944. The van der Waals surface area contributed by atoms with Gasteiger partial charge in [0.2, 0.25) is 0 Å². The average Bonchev–Trinajstić information content (AvgIpc) is 3.01. The monoisotopic (exact) mass is 328 g/mol. The lowest BCUT2D eigenvalue weighted by Gasteiger charge is -2.26. The lowest BCUT2D eigenvalue weighted by molar-refractivity contribution is -0.116. The Bertz CT molecular complexity index is 578. The minimum absolute atomic E-state index is 0.0944. The number of aliphatic imine (C=N–C) groups is 1. The molecule has 0 aromatic heterocycles. The summed E-state index contributed by atoms with van der Waals surface area (Å²) in [5.41, 5.74) is 2.87. The summed E-state index contributed by atoms with van der Waals surface area (Å²) in [7, 11) is 0. The molecule has 1 saturated heterocycles. The molecule has 24 heavy (non-hydrogen) atoms. The largest absolute Gasteiger partial charge is 0.356 e. The Morgan fingerprint density at radius 1 is 1.12 bits per heavy atom. The molecule has 2 N–H and O–H groups in total. The van der Waals surface area contributed by atoms with Gasteiger partial charge in [0.15, 0.2) is 5.96 Å². The number of benzene rings is 1. The van der Waals surface area contributed by atoms with Crippen molar-refractivity contribution in [3.63, 3.8) is 0 Å². The van der Waals surface area contributed by atoms with Crippen molar-refractivity contribution in [2.24, 2.45) is 4.99 Å². The predicted octanol–water partition coefficient (Wildman–Crippen LogP) is 2.07. The molecule has 3 rings (SSSR count). The molecule has 0 saturated carbocycles. The van der Waals surface area contributed by atoms with E-state index in [1.807, 2.05) is 0 Å². The van der Waals surface area contributed by atoms with Crippen molar-refractivity contribution in [3.05, 3.63) is 35.4 Å². The number of guanidine groups is 1. The second-order valence-corrected chi connectivity index (χ2v) is 6.75. The van der Waals surface area contributed by atoms with E-state index in [-0.39, 0.29) is 5.91 Å². The first kappa shape index (κ1) is 17.0. The number of carbonyl (C=O) groups is 1. The topological polar surface area (TPSA) is 56.7 Å². The number of likely N-dealkylation sites (tertiary alicyclic amines) is 1. The van der Waals surface area contributed by atoms with Crippen LogP contribution in [0.1, 0.15) is 43.2 Å². The van der Waals surface area contributed by atoms with E-state index >= 15 is 0 Å². The van der Waals surface area contributed by atoms with Crippen molar-refractivity contribution < 1.29 is 4.79 Å². The van der Waals surface area contributed by atoms with Crippen molar-refractivity contribution in [3.8, 4) is 0 Å². The molecule has 0 spiro atoms. The maximum atomic E-state index is 11.0. The number of nitrogens with zero attached hydrogens (tertiary/aromatic N) is 2. The highest BCUT2D eigenvalue weighted by Crippen LogP contribution is 2.15. The molecule has 1 amide bonds. The highest BCUT2D eigenvalue weighted by molar-refractivity contribution is 6.00. The van der Waals surface area contributed by atoms with Crippen LogP contribution in [0.5, 0.6) is 0 Å². The Balaban J connectivity index is 1.36. The molecule has 5 heteroatoms. The van der Waals surface area contributed by atoms with Crippen LogP contribution >= 0.6 is 0 Å². The van der Waals surface area contributed by atoms with Crippen molar-refractivity contribution in [1.82, 2.24) is 15.5 Å². The Hall–Kier alpha value is -1.88. The molecular weight excluding hydrogens is 300 g/mol. The third-order valence-electron chi connectivity index (χ3n) is 4.67. The number of nitrogens with one attached hydrogen (secondary N) is 2. The van der Waals surface area contributed by atoms with E-state index in [0.717, 1.165) is 32.4 Å². The number of hydrogen-bond donors (Lipinski definition) is 2. The first-order valence-electron chi connectivity index (χ1n) is 9.19. The fourth-order valence-electron chi connectivity index (χ4n) is 3.39. The Morgan fingerprint density at radius 3 is 2.75 bits per heavy atom. The van der Waals surface area contributed by atoms with Crippen LogP contribution in [0.3, 0.4) is 0 Å². The van der Waals surface area contributed by atoms with Crippen LogP contribution in [-0.2, 0) is 17.8 Å². The molecule has 0 unspecified atom stereocenters. The molecule has 5 nitrogen and oxygen atoms in total. The zero-order valence-corrected chi connectivity index (χ0v) is 14.4. The normalized spacial score (nSPS) is 18.3. The van der Waals surface area contributed by atoms with Crippen LogP contribution in [0, 0.1) is 0 Å². The summed E-state index contributed by atoms with van der Waals surface area (Å²) >= 11 is 0. The van der Waals surface area contributed by atoms with Gasteiger partial charge in [-0.2, -0.15) is 4.99 Å². The highest BCUT2D eigenvalue weighted by Gasteiger charge is 2.12. The van der Waals surface area contributed by atoms with E-state index in [9.17, 15) is 4.79 Å². The van der Waals surface area contributed by atoms with Gasteiger partial charge in [0, 0.05) is 13.1 Å². The van der Waals surface area contributed by atoms with E-state index in [1.54, 1.807) is 0 Å². The Labute approximate surface area is 144 Å². The number of amides is 1. The molecule has 1 aromatic rings. The molecule has 0 atom stereocenters. The standard InChI is InChI=1S/C19H28N4O/c24-18-14-21-19(22-18)20-10-3-2-7-16-8-6-9-17(13-16)15-23-11-4-1-5-12-23/h6,8-9,13H,1-5,7,10-12,14-15H2,(H2,20,21,22,24). The summed E-state index contributed by atoms with van der Waals surface area (Å²) < 4.78 is 0. The zero-order valence-electron chi connectivity index (χ0n) is 14.4. The molecule has 2 aliphatic heterocycles. The predicted molar refractivity (Wildman–Crippen MR) is 97.0 cm³/mol. The number of unbranched alkanes of at least 4 members (excludes halogenated alkanes) is 1. The van der Waals surface area contributed by atoms with Gasteiger partial charge in [-0.1, -0.05) is 30.7 Å². The van der Waals surface area contributed by atoms with Crippen molar-refractivity contribution >= 4 is 11.9 Å². The maximum Gasteiger partial charge on any atom is 0.268 e. The summed E-state index contributed by atoms with van der Waals surface area (Å²) in [5, 5.41) is 6.12. The molecule has 2 heterocycles. The van der Waals surface area contributed by atoms with Gasteiger partial charge in [-0.25, -0.2) is 0 Å². The van der Waals surface area contributed by atoms with Gasteiger partial charge >= 0.3 is 0 Å². The van der Waals surface area contributed by atoms with Crippen LogP contribution in [0.25, 0.3) is 0 Å². The third-order valence-corrected chi connectivity index (χ3v) is 4.67. The molecule has 2 aliphatic rings. The smallest absolute Gasteiger partial charge is 0.268 e. The van der Waals surface area contributed by atoms with Gasteiger partial charge in [0.25, 0.3) is 5.91 Å². The van der Waals surface area contributed by atoms with Crippen LogP contribution in [-0.4, -0.2) is 42.9 Å². The Kier molecular flexibility index (Phi) is 6.24. The summed E-state index contributed by atoms with van der Waals surface area (Å²) in [4.78, 5) is 17.4. The summed E-state index contributed by atoms with van der Waals surface area (Å²) in [5.74, 6) is 0.534. The van der Waals surface area contributed by atoms with Crippen LogP contribution in [0.2, 0.25) is 0 Å². The molecule has 0 radical (unpaired) electrons. The molecule has 0 aliphatic carbocycles. The van der Waals surface area contributed by atoms with E-state index in [2.05, 4.69) is 44.8 Å². The third kappa shape index (κ3) is 5.34. The Morgan fingerprint density at radius 2 is 1.96 bits per heavy atom. The maximum absolute atomic E-state index is 11.0. The highest BCUT2D eigenvalue weighted by atomic mass is 16.1. The quantitative estimate of drug-likeness (QED) is 0.753. The van der Waals surface area contributed by atoms with E-state index in [0.29, 0.717) is 12.5 Å². The lowest BCUT2D eigenvalue weighted by atomic mass is 10.0. The number of carbonyl (C=O) groups excluding carboxylic acids is 1. The fourth-order valence-corrected chi connectivity index (χ4v) is 3.39. The van der Waals surface area contributed by atoms with Gasteiger partial charge in [-0.3, -0.25) is 9.69 Å². The molecular formula is C19H28N4O. The molecule has 130 valence electrons. The summed E-state index contributed by atoms with van der Waals surface area (Å²) in [6.45, 7) is 4.76. The van der Waals surface area contributed by atoms with Gasteiger partial charge in [0.1, 0.15) is 0 Å². The van der Waals surface area contributed by atoms with Crippen molar-refractivity contribution in [2.75, 3.05) is 26.2 Å². The van der Waals surface area contributed by atoms with Crippen molar-refractivity contribution in [1.29, 1.82) is 0 Å². The fraction of sp³-hybridized carbons (Fsp3) is 0.579. The van der Waals surface area contributed by atoms with Gasteiger partial charge in [0.05, 0.1) is 6.54 Å². The summed E-state index contributed by atoms with van der Waals surface area (Å²) in [6, 6.07) is 9.04. The SMILES string of the molecule is O=C1CNC(NCCCCc2cccc(CN3CCCCC3)c2)=N1. The lowest BCUT2D eigenvalue weighted by Crippen LogP contribution is -2.34. The average molecular weight is 328 g/mol. The zero-order chi connectivity index (χ0) is 16.6. The molecule has 1 aromatic carbocycles. The van der Waals surface area contributed by atoms with Crippen LogP contribution in [0.15, 0.2) is 29.3 Å².